The average molecular weight is 289 g/mol. The first-order chi connectivity index (χ1) is 10.2. The molecule has 3 rings (SSSR count). The van der Waals surface area contributed by atoms with Crippen LogP contribution in [0.15, 0.2) is 12.7 Å². The lowest BCUT2D eigenvalue weighted by molar-refractivity contribution is -0.130. The summed E-state index contributed by atoms with van der Waals surface area (Å²) in [6.45, 7) is 2.11. The number of aromatic amines is 1. The van der Waals surface area contributed by atoms with E-state index >= 15 is 0 Å². The zero-order chi connectivity index (χ0) is 14.8. The van der Waals surface area contributed by atoms with Crippen molar-refractivity contribution in [1.82, 2.24) is 30.2 Å². The summed E-state index contributed by atoms with van der Waals surface area (Å²) < 4.78 is 0. The van der Waals surface area contributed by atoms with Gasteiger partial charge in [-0.05, 0) is 13.0 Å². The number of carbonyl (C=O) groups excluding carboxylic acids is 1. The smallest absolute Gasteiger partial charge is 0.242 e. The summed E-state index contributed by atoms with van der Waals surface area (Å²) in [5, 5.41) is 3.27. The lowest BCUT2D eigenvalue weighted by atomic mass is 10.2. The fourth-order valence-electron chi connectivity index (χ4n) is 2.60. The third-order valence-corrected chi connectivity index (χ3v) is 3.91. The number of fused-ring (bicyclic) bond motifs is 1. The molecule has 1 unspecified atom stereocenters. The Labute approximate surface area is 122 Å². The van der Waals surface area contributed by atoms with Crippen LogP contribution in [0.25, 0.3) is 11.2 Å². The molecule has 8 nitrogen and oxygen atoms in total. The predicted molar refractivity (Wildman–Crippen MR) is 79.0 cm³/mol. The van der Waals surface area contributed by atoms with Gasteiger partial charge in [-0.25, -0.2) is 15.0 Å². The van der Waals surface area contributed by atoms with Crippen molar-refractivity contribution in [1.29, 1.82) is 0 Å². The molecule has 3 heterocycles. The first-order valence-electron chi connectivity index (χ1n) is 6.98. The summed E-state index contributed by atoms with van der Waals surface area (Å²) in [6.07, 6.45) is 4.04. The third-order valence-electron chi connectivity index (χ3n) is 3.91. The van der Waals surface area contributed by atoms with Gasteiger partial charge in [-0.15, -0.1) is 0 Å². The standard InChI is InChI=1S/C13H19N7O/c1-19(6-10(21)20(2)9-3-4-14-5-9)13-11-12(16-7-15-11)17-8-18-13/h7-9,14H,3-6H2,1-2H3,(H,15,16,17,18). The van der Waals surface area contributed by atoms with E-state index in [-0.39, 0.29) is 18.5 Å². The first-order valence-corrected chi connectivity index (χ1v) is 6.98. The Hall–Kier alpha value is -2.22. The zero-order valence-corrected chi connectivity index (χ0v) is 12.2. The molecule has 1 saturated heterocycles. The Kier molecular flexibility index (Phi) is 3.70. The van der Waals surface area contributed by atoms with Crippen molar-refractivity contribution in [3.8, 4) is 0 Å². The number of hydrogen-bond donors (Lipinski definition) is 2. The van der Waals surface area contributed by atoms with Crippen molar-refractivity contribution in [2.24, 2.45) is 0 Å². The van der Waals surface area contributed by atoms with E-state index in [1.807, 2.05) is 23.9 Å². The number of nitrogens with zero attached hydrogens (tertiary/aromatic N) is 5. The van der Waals surface area contributed by atoms with Crippen LogP contribution in [0.4, 0.5) is 5.82 Å². The highest BCUT2D eigenvalue weighted by Crippen LogP contribution is 2.18. The van der Waals surface area contributed by atoms with Crippen molar-refractivity contribution < 1.29 is 4.79 Å². The molecule has 0 aliphatic carbocycles. The van der Waals surface area contributed by atoms with Crippen molar-refractivity contribution >= 4 is 22.9 Å². The highest BCUT2D eigenvalue weighted by molar-refractivity contribution is 5.87. The van der Waals surface area contributed by atoms with E-state index in [9.17, 15) is 4.79 Å². The Morgan fingerprint density at radius 2 is 2.24 bits per heavy atom. The van der Waals surface area contributed by atoms with E-state index in [0.717, 1.165) is 25.0 Å². The molecule has 8 heteroatoms. The highest BCUT2D eigenvalue weighted by atomic mass is 16.2. The van der Waals surface area contributed by atoms with Gasteiger partial charge in [-0.3, -0.25) is 4.79 Å². The second kappa shape index (κ2) is 5.65. The summed E-state index contributed by atoms with van der Waals surface area (Å²) in [5.41, 5.74) is 1.35. The van der Waals surface area contributed by atoms with E-state index in [0.29, 0.717) is 11.5 Å². The van der Waals surface area contributed by atoms with E-state index < -0.39 is 0 Å². The lowest BCUT2D eigenvalue weighted by Crippen LogP contribution is -2.43. The van der Waals surface area contributed by atoms with Gasteiger partial charge >= 0.3 is 0 Å². The van der Waals surface area contributed by atoms with Gasteiger partial charge in [-0.2, -0.15) is 0 Å². The van der Waals surface area contributed by atoms with Crippen LogP contribution in [0.2, 0.25) is 0 Å². The molecular weight excluding hydrogens is 270 g/mol. The van der Waals surface area contributed by atoms with Gasteiger partial charge in [0.2, 0.25) is 5.91 Å². The summed E-state index contributed by atoms with van der Waals surface area (Å²) in [7, 11) is 3.71. The predicted octanol–water partition coefficient (Wildman–Crippen LogP) is -0.391. The van der Waals surface area contributed by atoms with Crippen molar-refractivity contribution in [2.75, 3.05) is 38.6 Å². The maximum absolute atomic E-state index is 12.4. The molecule has 2 aromatic heterocycles. The molecule has 0 radical (unpaired) electrons. The molecule has 112 valence electrons. The fourth-order valence-corrected chi connectivity index (χ4v) is 2.60. The topological polar surface area (TPSA) is 90.0 Å². The molecule has 21 heavy (non-hydrogen) atoms. The second-order valence-corrected chi connectivity index (χ2v) is 5.31. The molecule has 1 fully saturated rings. The van der Waals surface area contributed by atoms with Gasteiger partial charge in [0.1, 0.15) is 11.8 Å². The molecule has 0 bridgehead atoms. The molecule has 2 N–H and O–H groups in total. The third kappa shape index (κ3) is 2.66. The van der Waals surface area contributed by atoms with Gasteiger partial charge in [0.15, 0.2) is 11.5 Å². The molecule has 1 atom stereocenters. The maximum Gasteiger partial charge on any atom is 0.242 e. The summed E-state index contributed by atoms with van der Waals surface area (Å²) in [6, 6.07) is 0.281. The highest BCUT2D eigenvalue weighted by Gasteiger charge is 2.24. The van der Waals surface area contributed by atoms with Crippen LogP contribution in [0, 0.1) is 0 Å². The van der Waals surface area contributed by atoms with Crippen LogP contribution in [0.5, 0.6) is 0 Å². The monoisotopic (exact) mass is 289 g/mol. The van der Waals surface area contributed by atoms with Crippen molar-refractivity contribution in [3.63, 3.8) is 0 Å². The lowest BCUT2D eigenvalue weighted by Gasteiger charge is -2.26. The number of hydrogen-bond acceptors (Lipinski definition) is 6. The SMILES string of the molecule is CN(CC(=O)N(C)C1CCNC1)c1ncnc2nc[nH]c12. The molecule has 2 aromatic rings. The Morgan fingerprint density at radius 1 is 1.38 bits per heavy atom. The van der Waals surface area contributed by atoms with Crippen molar-refractivity contribution in [2.45, 2.75) is 12.5 Å². The number of aromatic nitrogens is 4. The number of imidazole rings is 1. The van der Waals surface area contributed by atoms with Crippen LogP contribution < -0.4 is 10.2 Å². The Balaban J connectivity index is 1.72. The van der Waals surface area contributed by atoms with Gasteiger partial charge in [0, 0.05) is 26.7 Å². The average Bonchev–Trinajstić information content (AvgIpc) is 3.16. The summed E-state index contributed by atoms with van der Waals surface area (Å²) >= 11 is 0. The quantitative estimate of drug-likeness (QED) is 0.797. The summed E-state index contributed by atoms with van der Waals surface area (Å²) in [4.78, 5) is 31.5. The number of amides is 1. The number of anilines is 1. The van der Waals surface area contributed by atoms with Crippen LogP contribution in [0.1, 0.15) is 6.42 Å². The van der Waals surface area contributed by atoms with E-state index in [2.05, 4.69) is 25.3 Å². The second-order valence-electron chi connectivity index (χ2n) is 5.31. The minimum atomic E-state index is 0.0810. The van der Waals surface area contributed by atoms with Gasteiger partial charge in [-0.1, -0.05) is 0 Å². The van der Waals surface area contributed by atoms with Crippen LogP contribution in [0.3, 0.4) is 0 Å². The molecule has 0 spiro atoms. The fraction of sp³-hybridized carbons (Fsp3) is 0.538. The number of likely N-dealkylation sites (N-methyl/N-ethyl adjacent to an activating group) is 2. The number of rotatable bonds is 4. The zero-order valence-electron chi connectivity index (χ0n) is 12.2. The van der Waals surface area contributed by atoms with Gasteiger partial charge in [0.05, 0.1) is 12.9 Å². The van der Waals surface area contributed by atoms with E-state index in [1.165, 1.54) is 6.33 Å². The maximum atomic E-state index is 12.4. The van der Waals surface area contributed by atoms with Crippen LogP contribution >= 0.6 is 0 Å². The molecule has 1 amide bonds. The normalized spacial score (nSPS) is 18.1. The van der Waals surface area contributed by atoms with E-state index in [1.54, 1.807) is 6.33 Å². The largest absolute Gasteiger partial charge is 0.348 e. The Morgan fingerprint density at radius 3 is 3.00 bits per heavy atom. The molecule has 0 saturated carbocycles. The molecule has 0 aromatic carbocycles. The number of H-pyrrole nitrogens is 1. The van der Waals surface area contributed by atoms with Crippen LogP contribution in [-0.4, -0.2) is 70.5 Å². The summed E-state index contributed by atoms with van der Waals surface area (Å²) in [5.74, 6) is 0.765. The molecular formula is C13H19N7O. The van der Waals surface area contributed by atoms with Crippen LogP contribution in [-0.2, 0) is 4.79 Å². The molecule has 1 aliphatic rings. The van der Waals surface area contributed by atoms with E-state index in [4.69, 9.17) is 0 Å². The first kappa shape index (κ1) is 13.7. The Bertz CT molecular complexity index is 634. The molecule has 1 aliphatic heterocycles. The van der Waals surface area contributed by atoms with Gasteiger partial charge in [0.25, 0.3) is 0 Å². The number of carbonyl (C=O) groups is 1. The van der Waals surface area contributed by atoms with Crippen molar-refractivity contribution in [3.05, 3.63) is 12.7 Å². The number of nitrogens with one attached hydrogen (secondary N) is 2. The van der Waals surface area contributed by atoms with Gasteiger partial charge < -0.3 is 20.1 Å². The minimum absolute atomic E-state index is 0.0810. The minimum Gasteiger partial charge on any atom is -0.348 e.